The third-order valence-electron chi connectivity index (χ3n) is 3.50. The van der Waals surface area contributed by atoms with Crippen molar-refractivity contribution in [3.05, 3.63) is 63.6 Å². The monoisotopic (exact) mass is 361 g/mol. The van der Waals surface area contributed by atoms with Crippen LogP contribution in [0.2, 0.25) is 0 Å². The molecule has 1 N–H and O–H groups in total. The van der Waals surface area contributed by atoms with Crippen LogP contribution in [0.25, 0.3) is 0 Å². The SMILES string of the molecule is CCc1ccc(OCC(=O)NCc2ccccc2C)c(Br)c1. The summed E-state index contributed by atoms with van der Waals surface area (Å²) in [5, 5.41) is 2.87. The van der Waals surface area contributed by atoms with Gasteiger partial charge in [-0.2, -0.15) is 0 Å². The van der Waals surface area contributed by atoms with E-state index in [1.54, 1.807) is 0 Å². The molecule has 0 unspecified atom stereocenters. The van der Waals surface area contributed by atoms with Crippen molar-refractivity contribution in [1.82, 2.24) is 5.32 Å². The molecule has 2 rings (SSSR count). The molecule has 2 aromatic carbocycles. The molecule has 0 spiro atoms. The van der Waals surface area contributed by atoms with Gasteiger partial charge in [0.1, 0.15) is 5.75 Å². The Morgan fingerprint density at radius 1 is 1.23 bits per heavy atom. The Balaban J connectivity index is 1.84. The smallest absolute Gasteiger partial charge is 0.258 e. The highest BCUT2D eigenvalue weighted by molar-refractivity contribution is 9.10. The van der Waals surface area contributed by atoms with Gasteiger partial charge in [-0.05, 0) is 58.1 Å². The summed E-state index contributed by atoms with van der Waals surface area (Å²) in [6.45, 7) is 4.66. The molecule has 0 aromatic heterocycles. The highest BCUT2D eigenvalue weighted by Gasteiger charge is 2.07. The molecular weight excluding hydrogens is 342 g/mol. The Kier molecular flexibility index (Phi) is 6.01. The highest BCUT2D eigenvalue weighted by atomic mass is 79.9. The molecule has 1 amide bonds. The summed E-state index contributed by atoms with van der Waals surface area (Å²) in [6.07, 6.45) is 0.968. The van der Waals surface area contributed by atoms with Gasteiger partial charge in [0.2, 0.25) is 0 Å². The van der Waals surface area contributed by atoms with E-state index in [1.165, 1.54) is 11.1 Å². The maximum atomic E-state index is 11.9. The van der Waals surface area contributed by atoms with Crippen LogP contribution in [0.4, 0.5) is 0 Å². The fourth-order valence-electron chi connectivity index (χ4n) is 2.08. The minimum absolute atomic E-state index is 0.00987. The van der Waals surface area contributed by atoms with E-state index >= 15 is 0 Å². The Hall–Kier alpha value is -1.81. The van der Waals surface area contributed by atoms with Gasteiger partial charge in [-0.1, -0.05) is 37.3 Å². The van der Waals surface area contributed by atoms with Gasteiger partial charge >= 0.3 is 0 Å². The number of benzene rings is 2. The van der Waals surface area contributed by atoms with Gasteiger partial charge in [0.05, 0.1) is 4.47 Å². The Bertz CT molecular complexity index is 655. The minimum Gasteiger partial charge on any atom is -0.483 e. The first-order chi connectivity index (χ1) is 10.6. The van der Waals surface area contributed by atoms with Gasteiger partial charge < -0.3 is 10.1 Å². The quantitative estimate of drug-likeness (QED) is 0.843. The van der Waals surface area contributed by atoms with Gasteiger partial charge in [0, 0.05) is 6.54 Å². The van der Waals surface area contributed by atoms with E-state index in [0.29, 0.717) is 12.3 Å². The van der Waals surface area contributed by atoms with Crippen molar-refractivity contribution in [2.24, 2.45) is 0 Å². The molecular formula is C18H20BrNO2. The van der Waals surface area contributed by atoms with E-state index in [-0.39, 0.29) is 12.5 Å². The molecule has 0 fully saturated rings. The lowest BCUT2D eigenvalue weighted by Crippen LogP contribution is -2.28. The van der Waals surface area contributed by atoms with Crippen molar-refractivity contribution < 1.29 is 9.53 Å². The van der Waals surface area contributed by atoms with E-state index in [4.69, 9.17) is 4.74 Å². The molecule has 4 heteroatoms. The zero-order valence-corrected chi connectivity index (χ0v) is 14.4. The summed E-state index contributed by atoms with van der Waals surface area (Å²) in [4.78, 5) is 11.9. The lowest BCUT2D eigenvalue weighted by atomic mass is 10.1. The van der Waals surface area contributed by atoms with Gasteiger partial charge in [0.25, 0.3) is 5.91 Å². The summed E-state index contributed by atoms with van der Waals surface area (Å²) >= 11 is 3.47. The normalized spacial score (nSPS) is 10.3. The number of hydrogen-bond donors (Lipinski definition) is 1. The van der Waals surface area contributed by atoms with Crippen LogP contribution in [0.5, 0.6) is 5.75 Å². The zero-order chi connectivity index (χ0) is 15.9. The first-order valence-electron chi connectivity index (χ1n) is 7.32. The second kappa shape index (κ2) is 7.99. The van der Waals surface area contributed by atoms with E-state index < -0.39 is 0 Å². The van der Waals surface area contributed by atoms with Crippen LogP contribution in [-0.2, 0) is 17.8 Å². The largest absolute Gasteiger partial charge is 0.483 e. The third-order valence-corrected chi connectivity index (χ3v) is 4.12. The average molecular weight is 362 g/mol. The van der Waals surface area contributed by atoms with Crippen LogP contribution in [0.15, 0.2) is 46.9 Å². The fourth-order valence-corrected chi connectivity index (χ4v) is 2.62. The van der Waals surface area contributed by atoms with Crippen molar-refractivity contribution in [3.8, 4) is 5.75 Å². The third kappa shape index (κ3) is 4.60. The van der Waals surface area contributed by atoms with Crippen molar-refractivity contribution in [2.45, 2.75) is 26.8 Å². The lowest BCUT2D eigenvalue weighted by molar-refractivity contribution is -0.123. The number of carbonyl (C=O) groups is 1. The highest BCUT2D eigenvalue weighted by Crippen LogP contribution is 2.26. The summed E-state index contributed by atoms with van der Waals surface area (Å²) in [6, 6.07) is 13.9. The van der Waals surface area contributed by atoms with Gasteiger partial charge in [-0.25, -0.2) is 0 Å². The predicted molar refractivity (Wildman–Crippen MR) is 92.0 cm³/mol. The van der Waals surface area contributed by atoms with E-state index in [0.717, 1.165) is 16.5 Å². The Morgan fingerprint density at radius 2 is 2.00 bits per heavy atom. The molecule has 0 radical (unpaired) electrons. The molecule has 0 aliphatic heterocycles. The maximum Gasteiger partial charge on any atom is 0.258 e. The van der Waals surface area contributed by atoms with Crippen molar-refractivity contribution >= 4 is 21.8 Å². The zero-order valence-electron chi connectivity index (χ0n) is 12.9. The molecule has 22 heavy (non-hydrogen) atoms. The van der Waals surface area contributed by atoms with Crippen molar-refractivity contribution in [1.29, 1.82) is 0 Å². The maximum absolute atomic E-state index is 11.9. The van der Waals surface area contributed by atoms with Crippen LogP contribution in [0, 0.1) is 6.92 Å². The molecule has 3 nitrogen and oxygen atoms in total. The Morgan fingerprint density at radius 3 is 2.68 bits per heavy atom. The van der Waals surface area contributed by atoms with Crippen LogP contribution < -0.4 is 10.1 Å². The number of nitrogens with one attached hydrogen (secondary N) is 1. The van der Waals surface area contributed by atoms with E-state index in [9.17, 15) is 4.79 Å². The van der Waals surface area contributed by atoms with Crippen LogP contribution in [0.3, 0.4) is 0 Å². The van der Waals surface area contributed by atoms with Gasteiger partial charge in [-0.3, -0.25) is 4.79 Å². The molecule has 116 valence electrons. The minimum atomic E-state index is -0.130. The number of halogens is 1. The van der Waals surface area contributed by atoms with Gasteiger partial charge in [0.15, 0.2) is 6.61 Å². The number of ether oxygens (including phenoxy) is 1. The summed E-state index contributed by atoms with van der Waals surface area (Å²) in [7, 11) is 0. The van der Waals surface area contributed by atoms with E-state index in [2.05, 4.69) is 28.2 Å². The Labute approximate surface area is 139 Å². The second-order valence-electron chi connectivity index (χ2n) is 5.11. The molecule has 0 atom stereocenters. The standard InChI is InChI=1S/C18H20BrNO2/c1-3-14-8-9-17(16(19)10-14)22-12-18(21)20-11-15-7-5-4-6-13(15)2/h4-10H,3,11-12H2,1-2H3,(H,20,21). The van der Waals surface area contributed by atoms with Crippen molar-refractivity contribution in [2.75, 3.05) is 6.61 Å². The second-order valence-corrected chi connectivity index (χ2v) is 5.96. The van der Waals surface area contributed by atoms with Crippen LogP contribution in [0.1, 0.15) is 23.6 Å². The number of rotatable bonds is 6. The van der Waals surface area contributed by atoms with Crippen molar-refractivity contribution in [3.63, 3.8) is 0 Å². The molecule has 0 aliphatic carbocycles. The number of amides is 1. The van der Waals surface area contributed by atoms with E-state index in [1.807, 2.05) is 49.4 Å². The average Bonchev–Trinajstić information content (AvgIpc) is 2.52. The summed E-state index contributed by atoms with van der Waals surface area (Å²) < 4.78 is 6.43. The molecule has 0 saturated heterocycles. The molecule has 0 saturated carbocycles. The van der Waals surface area contributed by atoms with Gasteiger partial charge in [-0.15, -0.1) is 0 Å². The van der Waals surface area contributed by atoms with Crippen LogP contribution >= 0.6 is 15.9 Å². The first kappa shape index (κ1) is 16.6. The predicted octanol–water partition coefficient (Wildman–Crippen LogP) is 4.02. The number of carbonyl (C=O) groups excluding carboxylic acids is 1. The fraction of sp³-hybridized carbons (Fsp3) is 0.278. The summed E-state index contributed by atoms with van der Waals surface area (Å²) in [5.41, 5.74) is 3.51. The summed E-state index contributed by atoms with van der Waals surface area (Å²) in [5.74, 6) is 0.554. The molecule has 0 aliphatic rings. The number of aryl methyl sites for hydroxylation is 2. The molecule has 2 aromatic rings. The molecule has 0 heterocycles. The topological polar surface area (TPSA) is 38.3 Å². The van der Waals surface area contributed by atoms with Crippen LogP contribution in [-0.4, -0.2) is 12.5 Å². The lowest BCUT2D eigenvalue weighted by Gasteiger charge is -2.10. The number of hydrogen-bond acceptors (Lipinski definition) is 2. The molecule has 0 bridgehead atoms. The first-order valence-corrected chi connectivity index (χ1v) is 8.12.